The van der Waals surface area contributed by atoms with Gasteiger partial charge in [-0.3, -0.25) is 4.79 Å². The molecule has 1 aromatic rings. The molecular weight excluding hydrogens is 186 g/mol. The molecule has 0 aliphatic heterocycles. The van der Waals surface area contributed by atoms with Crippen molar-refractivity contribution in [2.75, 3.05) is 11.9 Å². The first-order valence-electron chi connectivity index (χ1n) is 4.12. The zero-order valence-electron chi connectivity index (χ0n) is 7.70. The Bertz CT molecular complexity index is 296. The highest BCUT2D eigenvalue weighted by Crippen LogP contribution is 2.21. The summed E-state index contributed by atoms with van der Waals surface area (Å²) in [5.41, 5.74) is 1.17. The predicted molar refractivity (Wildman–Crippen MR) is 54.3 cm³/mol. The van der Waals surface area contributed by atoms with Gasteiger partial charge in [0, 0.05) is 6.54 Å². The highest BCUT2D eigenvalue weighted by molar-refractivity contribution is 7.14. The number of thiophene rings is 1. The lowest BCUT2D eigenvalue weighted by molar-refractivity contribution is -0.140. The van der Waals surface area contributed by atoms with Crippen LogP contribution in [0.15, 0.2) is 11.4 Å². The molecule has 2 N–H and O–H groups in total. The predicted octanol–water partition coefficient (Wildman–Crippen LogP) is 2.19. The molecule has 0 aliphatic carbocycles. The van der Waals surface area contributed by atoms with Gasteiger partial charge in [-0.1, -0.05) is 6.92 Å². The Morgan fingerprint density at radius 1 is 1.77 bits per heavy atom. The van der Waals surface area contributed by atoms with Crippen LogP contribution >= 0.6 is 11.3 Å². The van der Waals surface area contributed by atoms with Crippen molar-refractivity contribution in [1.82, 2.24) is 0 Å². The minimum atomic E-state index is -0.762. The van der Waals surface area contributed by atoms with Crippen molar-refractivity contribution in [2.24, 2.45) is 5.92 Å². The van der Waals surface area contributed by atoms with Gasteiger partial charge in [0.15, 0.2) is 0 Å². The number of carboxylic acid groups (broad SMARTS) is 1. The summed E-state index contributed by atoms with van der Waals surface area (Å²) in [6.45, 7) is 4.18. The van der Waals surface area contributed by atoms with Crippen LogP contribution in [0.5, 0.6) is 0 Å². The highest BCUT2D eigenvalue weighted by Gasteiger charge is 2.10. The minimum absolute atomic E-state index is 0.346. The van der Waals surface area contributed by atoms with Gasteiger partial charge in [0.25, 0.3) is 0 Å². The molecule has 0 radical (unpaired) electrons. The van der Waals surface area contributed by atoms with Gasteiger partial charge in [0.05, 0.1) is 10.9 Å². The monoisotopic (exact) mass is 199 g/mol. The van der Waals surface area contributed by atoms with Gasteiger partial charge in [-0.25, -0.2) is 0 Å². The SMILES string of the molecule is Cc1ccsc1NCC(C)C(=O)O. The maximum atomic E-state index is 10.5. The lowest BCUT2D eigenvalue weighted by Crippen LogP contribution is -2.19. The average Bonchev–Trinajstić information content (AvgIpc) is 2.47. The first-order chi connectivity index (χ1) is 6.11. The lowest BCUT2D eigenvalue weighted by Gasteiger charge is -2.08. The molecule has 1 rings (SSSR count). The first-order valence-corrected chi connectivity index (χ1v) is 5.00. The molecule has 72 valence electrons. The standard InChI is InChI=1S/C9H13NO2S/c1-6-3-4-13-8(6)10-5-7(2)9(11)12/h3-4,7,10H,5H2,1-2H3,(H,11,12). The fraction of sp³-hybridized carbons (Fsp3) is 0.444. The topological polar surface area (TPSA) is 49.3 Å². The zero-order chi connectivity index (χ0) is 9.84. The fourth-order valence-electron chi connectivity index (χ4n) is 0.887. The molecule has 4 heteroatoms. The van der Waals surface area contributed by atoms with E-state index in [0.29, 0.717) is 6.54 Å². The van der Waals surface area contributed by atoms with Crippen molar-refractivity contribution in [3.8, 4) is 0 Å². The third-order valence-electron chi connectivity index (χ3n) is 1.85. The number of hydrogen-bond acceptors (Lipinski definition) is 3. The van der Waals surface area contributed by atoms with E-state index >= 15 is 0 Å². The minimum Gasteiger partial charge on any atom is -0.481 e. The van der Waals surface area contributed by atoms with Crippen molar-refractivity contribution in [3.05, 3.63) is 17.0 Å². The molecule has 0 fully saturated rings. The molecule has 0 aliphatic rings. The van der Waals surface area contributed by atoms with Crippen LogP contribution in [-0.4, -0.2) is 17.6 Å². The van der Waals surface area contributed by atoms with Crippen molar-refractivity contribution in [3.63, 3.8) is 0 Å². The van der Waals surface area contributed by atoms with Gasteiger partial charge in [-0.05, 0) is 23.9 Å². The summed E-state index contributed by atoms with van der Waals surface area (Å²) in [6, 6.07) is 2.01. The summed E-state index contributed by atoms with van der Waals surface area (Å²) >= 11 is 1.60. The van der Waals surface area contributed by atoms with E-state index in [1.165, 1.54) is 5.56 Å². The largest absolute Gasteiger partial charge is 0.481 e. The number of anilines is 1. The van der Waals surface area contributed by atoms with Crippen LogP contribution in [-0.2, 0) is 4.79 Å². The second kappa shape index (κ2) is 4.28. The van der Waals surface area contributed by atoms with E-state index in [0.717, 1.165) is 5.00 Å². The summed E-state index contributed by atoms with van der Waals surface area (Å²) in [6.07, 6.45) is 0. The van der Waals surface area contributed by atoms with Crippen molar-refractivity contribution >= 4 is 22.3 Å². The first kappa shape index (κ1) is 10.1. The van der Waals surface area contributed by atoms with Crippen molar-refractivity contribution in [2.45, 2.75) is 13.8 Å². The number of aryl methyl sites for hydroxylation is 1. The fourth-order valence-corrected chi connectivity index (χ4v) is 1.72. The number of nitrogens with one attached hydrogen (secondary N) is 1. The second-order valence-electron chi connectivity index (χ2n) is 3.05. The van der Waals surface area contributed by atoms with Crippen LogP contribution in [0.25, 0.3) is 0 Å². The molecule has 1 atom stereocenters. The summed E-state index contributed by atoms with van der Waals surface area (Å²) in [7, 11) is 0. The zero-order valence-corrected chi connectivity index (χ0v) is 8.52. The van der Waals surface area contributed by atoms with E-state index in [4.69, 9.17) is 5.11 Å². The number of carboxylic acids is 1. The van der Waals surface area contributed by atoms with Gasteiger partial charge in [-0.15, -0.1) is 11.3 Å². The van der Waals surface area contributed by atoms with E-state index in [9.17, 15) is 4.79 Å². The van der Waals surface area contributed by atoms with E-state index in [-0.39, 0.29) is 5.92 Å². The van der Waals surface area contributed by atoms with Crippen LogP contribution in [0.2, 0.25) is 0 Å². The Labute approximate surface area is 81.4 Å². The number of carbonyl (C=O) groups is 1. The summed E-state index contributed by atoms with van der Waals surface area (Å²) in [5.74, 6) is -1.11. The second-order valence-corrected chi connectivity index (χ2v) is 3.97. The summed E-state index contributed by atoms with van der Waals surface area (Å²) in [4.78, 5) is 10.5. The smallest absolute Gasteiger partial charge is 0.308 e. The van der Waals surface area contributed by atoms with E-state index < -0.39 is 5.97 Å². The van der Waals surface area contributed by atoms with Crippen LogP contribution in [0.3, 0.4) is 0 Å². The molecule has 13 heavy (non-hydrogen) atoms. The molecule has 1 aromatic heterocycles. The number of aliphatic carboxylic acids is 1. The quantitative estimate of drug-likeness (QED) is 0.781. The molecular formula is C9H13NO2S. The van der Waals surface area contributed by atoms with Gasteiger partial charge in [0.2, 0.25) is 0 Å². The van der Waals surface area contributed by atoms with Crippen LogP contribution in [0.4, 0.5) is 5.00 Å². The molecule has 0 aromatic carbocycles. The molecule has 1 heterocycles. The molecule has 0 saturated carbocycles. The van der Waals surface area contributed by atoms with E-state index in [1.54, 1.807) is 18.3 Å². The third kappa shape index (κ3) is 2.73. The van der Waals surface area contributed by atoms with Gasteiger partial charge in [0.1, 0.15) is 0 Å². The molecule has 0 amide bonds. The molecule has 0 bridgehead atoms. The van der Waals surface area contributed by atoms with E-state index in [2.05, 4.69) is 5.32 Å². The third-order valence-corrected chi connectivity index (χ3v) is 2.83. The Hall–Kier alpha value is -1.03. The van der Waals surface area contributed by atoms with Crippen molar-refractivity contribution < 1.29 is 9.90 Å². The Kier molecular flexibility index (Phi) is 3.31. The van der Waals surface area contributed by atoms with Crippen LogP contribution in [0.1, 0.15) is 12.5 Å². The Balaban J connectivity index is 2.44. The van der Waals surface area contributed by atoms with Crippen molar-refractivity contribution in [1.29, 1.82) is 0 Å². The Morgan fingerprint density at radius 3 is 2.92 bits per heavy atom. The van der Waals surface area contributed by atoms with Crippen LogP contribution in [0, 0.1) is 12.8 Å². The maximum Gasteiger partial charge on any atom is 0.308 e. The lowest BCUT2D eigenvalue weighted by atomic mass is 10.2. The molecule has 0 saturated heterocycles. The highest BCUT2D eigenvalue weighted by atomic mass is 32.1. The van der Waals surface area contributed by atoms with E-state index in [1.807, 2.05) is 18.4 Å². The summed E-state index contributed by atoms with van der Waals surface area (Å²) < 4.78 is 0. The average molecular weight is 199 g/mol. The summed E-state index contributed by atoms with van der Waals surface area (Å²) in [5, 5.41) is 14.8. The normalized spacial score (nSPS) is 12.5. The van der Waals surface area contributed by atoms with Gasteiger partial charge >= 0.3 is 5.97 Å². The van der Waals surface area contributed by atoms with Gasteiger partial charge in [-0.2, -0.15) is 0 Å². The number of hydrogen-bond donors (Lipinski definition) is 2. The maximum absolute atomic E-state index is 10.5. The Morgan fingerprint density at radius 2 is 2.46 bits per heavy atom. The molecule has 3 nitrogen and oxygen atoms in total. The van der Waals surface area contributed by atoms with Gasteiger partial charge < -0.3 is 10.4 Å². The van der Waals surface area contributed by atoms with Crippen LogP contribution < -0.4 is 5.32 Å². The molecule has 0 spiro atoms. The molecule has 1 unspecified atom stereocenters. The number of rotatable bonds is 4.